The van der Waals surface area contributed by atoms with Crippen molar-refractivity contribution < 1.29 is 9.84 Å². The Morgan fingerprint density at radius 3 is 2.76 bits per heavy atom. The van der Waals surface area contributed by atoms with Crippen LogP contribution in [0, 0.1) is 0 Å². The minimum atomic E-state index is -0.232. The van der Waals surface area contributed by atoms with E-state index < -0.39 is 0 Å². The number of methoxy groups -OCH3 is 1. The van der Waals surface area contributed by atoms with Gasteiger partial charge in [-0.15, -0.1) is 0 Å². The number of hydrogen-bond acceptors (Lipinski definition) is 3. The summed E-state index contributed by atoms with van der Waals surface area (Å²) in [5.41, 5.74) is 1.02. The molecular formula is C13H18BrNO2. The Morgan fingerprint density at radius 1 is 1.35 bits per heavy atom. The van der Waals surface area contributed by atoms with Gasteiger partial charge in [-0.1, -0.05) is 12.8 Å². The van der Waals surface area contributed by atoms with Gasteiger partial charge in [0.1, 0.15) is 5.75 Å². The van der Waals surface area contributed by atoms with Gasteiger partial charge in [-0.25, -0.2) is 0 Å². The summed E-state index contributed by atoms with van der Waals surface area (Å²) in [5, 5.41) is 13.3. The smallest absolute Gasteiger partial charge is 0.133 e. The van der Waals surface area contributed by atoms with E-state index in [9.17, 15) is 5.11 Å². The molecule has 1 saturated carbocycles. The molecule has 1 aromatic rings. The Bertz CT molecular complexity index is 384. The molecular weight excluding hydrogens is 282 g/mol. The van der Waals surface area contributed by atoms with Crippen molar-refractivity contribution in [2.45, 2.75) is 37.8 Å². The fraction of sp³-hybridized carbons (Fsp3) is 0.538. The molecule has 17 heavy (non-hydrogen) atoms. The van der Waals surface area contributed by atoms with Crippen molar-refractivity contribution in [3.05, 3.63) is 22.7 Å². The normalized spacial score (nSPS) is 24.4. The van der Waals surface area contributed by atoms with Crippen LogP contribution in [0.2, 0.25) is 0 Å². The van der Waals surface area contributed by atoms with Crippen LogP contribution in [0.25, 0.3) is 0 Å². The number of halogens is 1. The second-order valence-corrected chi connectivity index (χ2v) is 5.31. The van der Waals surface area contributed by atoms with Gasteiger partial charge in [-0.2, -0.15) is 0 Å². The van der Waals surface area contributed by atoms with Gasteiger partial charge in [0.05, 0.1) is 23.7 Å². The van der Waals surface area contributed by atoms with Gasteiger partial charge in [0.15, 0.2) is 0 Å². The molecule has 4 heteroatoms. The van der Waals surface area contributed by atoms with E-state index in [1.807, 2.05) is 18.2 Å². The third-order valence-corrected chi connectivity index (χ3v) is 3.85. The Hall–Kier alpha value is -0.740. The van der Waals surface area contributed by atoms with Gasteiger partial charge in [0.2, 0.25) is 0 Å². The van der Waals surface area contributed by atoms with Crippen molar-refractivity contribution in [1.29, 1.82) is 0 Å². The summed E-state index contributed by atoms with van der Waals surface area (Å²) < 4.78 is 6.11. The number of aliphatic hydroxyl groups is 1. The molecule has 2 rings (SSSR count). The lowest BCUT2D eigenvalue weighted by Gasteiger charge is -2.29. The molecule has 0 saturated heterocycles. The first-order valence-corrected chi connectivity index (χ1v) is 6.78. The molecule has 1 aromatic carbocycles. The Labute approximate surface area is 110 Å². The molecule has 0 amide bonds. The molecule has 0 aromatic heterocycles. The highest BCUT2D eigenvalue weighted by atomic mass is 79.9. The molecule has 94 valence electrons. The van der Waals surface area contributed by atoms with Crippen LogP contribution >= 0.6 is 15.9 Å². The van der Waals surface area contributed by atoms with E-state index in [0.29, 0.717) is 0 Å². The molecule has 1 aliphatic carbocycles. The molecule has 0 heterocycles. The molecule has 1 aliphatic rings. The maximum atomic E-state index is 9.90. The highest BCUT2D eigenvalue weighted by molar-refractivity contribution is 9.10. The fourth-order valence-corrected chi connectivity index (χ4v) is 2.79. The largest absolute Gasteiger partial charge is 0.496 e. The zero-order valence-corrected chi connectivity index (χ0v) is 11.5. The number of rotatable bonds is 3. The van der Waals surface area contributed by atoms with Crippen molar-refractivity contribution in [2.24, 2.45) is 0 Å². The summed E-state index contributed by atoms with van der Waals surface area (Å²) in [6.07, 6.45) is 4.02. The van der Waals surface area contributed by atoms with Gasteiger partial charge in [0.25, 0.3) is 0 Å². The molecule has 2 atom stereocenters. The average molecular weight is 300 g/mol. The second-order valence-electron chi connectivity index (χ2n) is 4.45. The van der Waals surface area contributed by atoms with Gasteiger partial charge in [-0.3, -0.25) is 0 Å². The van der Waals surface area contributed by atoms with Gasteiger partial charge in [0, 0.05) is 5.69 Å². The van der Waals surface area contributed by atoms with E-state index in [0.717, 1.165) is 35.2 Å². The monoisotopic (exact) mass is 299 g/mol. The topological polar surface area (TPSA) is 41.5 Å². The Kier molecular flexibility index (Phi) is 4.29. The quantitative estimate of drug-likeness (QED) is 0.901. The molecule has 2 N–H and O–H groups in total. The van der Waals surface area contributed by atoms with Crippen molar-refractivity contribution in [1.82, 2.24) is 0 Å². The number of ether oxygens (including phenoxy) is 1. The Morgan fingerprint density at radius 2 is 2.12 bits per heavy atom. The average Bonchev–Trinajstić information content (AvgIpc) is 2.32. The first-order valence-electron chi connectivity index (χ1n) is 5.99. The lowest BCUT2D eigenvalue weighted by molar-refractivity contribution is 0.116. The van der Waals surface area contributed by atoms with Crippen LogP contribution in [0.3, 0.4) is 0 Å². The fourth-order valence-electron chi connectivity index (χ4n) is 2.25. The zero-order valence-electron chi connectivity index (χ0n) is 9.95. The van der Waals surface area contributed by atoms with Gasteiger partial charge >= 0.3 is 0 Å². The van der Waals surface area contributed by atoms with Crippen LogP contribution in [0.5, 0.6) is 5.75 Å². The standard InChI is InChI=1S/C13H18BrNO2/c1-17-13-7-6-9(8-10(13)14)15-11-4-2-3-5-12(11)16/h6-8,11-12,15-16H,2-5H2,1H3/t11-,12-/m1/s1. The number of nitrogens with one attached hydrogen (secondary N) is 1. The molecule has 1 fully saturated rings. The number of hydrogen-bond donors (Lipinski definition) is 2. The summed E-state index contributed by atoms with van der Waals surface area (Å²) in [4.78, 5) is 0. The van der Waals surface area contributed by atoms with E-state index in [4.69, 9.17) is 4.74 Å². The summed E-state index contributed by atoms with van der Waals surface area (Å²) in [5.74, 6) is 0.819. The zero-order chi connectivity index (χ0) is 12.3. The SMILES string of the molecule is COc1ccc(N[C@@H]2CCCC[C@H]2O)cc1Br. The molecule has 0 radical (unpaired) electrons. The van der Waals surface area contributed by atoms with Crippen LogP contribution in [0.15, 0.2) is 22.7 Å². The first kappa shape index (κ1) is 12.7. The molecule has 0 bridgehead atoms. The minimum absolute atomic E-state index is 0.170. The highest BCUT2D eigenvalue weighted by Gasteiger charge is 2.22. The van der Waals surface area contributed by atoms with Crippen LogP contribution in [0.1, 0.15) is 25.7 Å². The van der Waals surface area contributed by atoms with Crippen molar-refractivity contribution in [3.8, 4) is 5.75 Å². The maximum Gasteiger partial charge on any atom is 0.133 e. The predicted octanol–water partition coefficient (Wildman–Crippen LogP) is 3.17. The molecule has 0 unspecified atom stereocenters. The third kappa shape index (κ3) is 3.13. The summed E-state index contributed by atoms with van der Waals surface area (Å²) in [7, 11) is 1.65. The molecule has 0 spiro atoms. The first-order chi connectivity index (χ1) is 8.20. The van der Waals surface area contributed by atoms with E-state index >= 15 is 0 Å². The van der Waals surface area contributed by atoms with E-state index in [-0.39, 0.29) is 12.1 Å². The van der Waals surface area contributed by atoms with E-state index in [1.165, 1.54) is 6.42 Å². The van der Waals surface area contributed by atoms with Crippen molar-refractivity contribution in [2.75, 3.05) is 12.4 Å². The highest BCUT2D eigenvalue weighted by Crippen LogP contribution is 2.29. The van der Waals surface area contributed by atoms with Gasteiger partial charge in [-0.05, 0) is 47.0 Å². The second kappa shape index (κ2) is 5.74. The van der Waals surface area contributed by atoms with Crippen LogP contribution in [0.4, 0.5) is 5.69 Å². The minimum Gasteiger partial charge on any atom is -0.496 e. The Balaban J connectivity index is 2.05. The summed E-state index contributed by atoms with van der Waals surface area (Å²) in [6.45, 7) is 0. The lowest BCUT2D eigenvalue weighted by atomic mass is 9.92. The predicted molar refractivity (Wildman–Crippen MR) is 72.6 cm³/mol. The van der Waals surface area contributed by atoms with Crippen molar-refractivity contribution >= 4 is 21.6 Å². The van der Waals surface area contributed by atoms with E-state index in [2.05, 4.69) is 21.2 Å². The van der Waals surface area contributed by atoms with Crippen LogP contribution < -0.4 is 10.1 Å². The van der Waals surface area contributed by atoms with Crippen LogP contribution in [-0.4, -0.2) is 24.4 Å². The third-order valence-electron chi connectivity index (χ3n) is 3.23. The number of aliphatic hydroxyl groups excluding tert-OH is 1. The van der Waals surface area contributed by atoms with Gasteiger partial charge < -0.3 is 15.2 Å². The number of benzene rings is 1. The van der Waals surface area contributed by atoms with Crippen LogP contribution in [-0.2, 0) is 0 Å². The van der Waals surface area contributed by atoms with E-state index in [1.54, 1.807) is 7.11 Å². The number of anilines is 1. The molecule has 0 aliphatic heterocycles. The molecule has 3 nitrogen and oxygen atoms in total. The van der Waals surface area contributed by atoms with Crippen molar-refractivity contribution in [3.63, 3.8) is 0 Å². The summed E-state index contributed by atoms with van der Waals surface area (Å²) in [6, 6.07) is 6.05. The summed E-state index contributed by atoms with van der Waals surface area (Å²) >= 11 is 3.46. The lowest BCUT2D eigenvalue weighted by Crippen LogP contribution is -2.36. The maximum absolute atomic E-state index is 9.90.